The molecule has 0 aromatic heterocycles. The Bertz CT molecular complexity index is 847. The van der Waals surface area contributed by atoms with E-state index < -0.39 is 17.3 Å². The van der Waals surface area contributed by atoms with Gasteiger partial charge in [-0.3, -0.25) is 19.2 Å². The van der Waals surface area contributed by atoms with Gasteiger partial charge >= 0.3 is 5.97 Å². The van der Waals surface area contributed by atoms with Crippen molar-refractivity contribution in [3.8, 4) is 0 Å². The number of Topliss-reactive ketones (excluding diaryl/α,β-unsaturated/α-hetero) is 1. The van der Waals surface area contributed by atoms with E-state index in [4.69, 9.17) is 4.74 Å². The van der Waals surface area contributed by atoms with Gasteiger partial charge in [0.25, 0.3) is 0 Å². The molecule has 4 aliphatic rings. The number of thioether (sulfide) groups is 1. The van der Waals surface area contributed by atoms with Crippen molar-refractivity contribution >= 4 is 34.4 Å². The molecule has 3 fully saturated rings. The lowest BCUT2D eigenvalue weighted by atomic mass is 9.46. The molecule has 4 aliphatic carbocycles. The van der Waals surface area contributed by atoms with Gasteiger partial charge in [-0.25, -0.2) is 0 Å². The van der Waals surface area contributed by atoms with E-state index in [1.807, 2.05) is 6.92 Å². The van der Waals surface area contributed by atoms with Crippen LogP contribution in [0.5, 0.6) is 0 Å². The second-order valence-electron chi connectivity index (χ2n) is 10.6. The Morgan fingerprint density at radius 3 is 2.55 bits per heavy atom. The van der Waals surface area contributed by atoms with Crippen LogP contribution in [0.15, 0.2) is 11.6 Å². The molecule has 0 N–H and O–H groups in total. The molecule has 0 aliphatic heterocycles. The van der Waals surface area contributed by atoms with Crippen molar-refractivity contribution < 1.29 is 23.9 Å². The molecular weight excluding hydrogens is 412 g/mol. The average molecular weight is 447 g/mol. The van der Waals surface area contributed by atoms with Crippen LogP contribution < -0.4 is 0 Å². The van der Waals surface area contributed by atoms with Gasteiger partial charge in [0.15, 0.2) is 23.3 Å². The number of esters is 1. The lowest BCUT2D eigenvalue weighted by molar-refractivity contribution is -0.150. The van der Waals surface area contributed by atoms with Crippen molar-refractivity contribution in [3.05, 3.63) is 11.6 Å². The Morgan fingerprint density at radius 2 is 1.87 bits per heavy atom. The van der Waals surface area contributed by atoms with Crippen LogP contribution in [0.1, 0.15) is 72.6 Å². The molecule has 0 aromatic carbocycles. The minimum atomic E-state index is -0.775. The molecule has 0 amide bonds. The van der Waals surface area contributed by atoms with E-state index in [9.17, 15) is 19.2 Å². The summed E-state index contributed by atoms with van der Waals surface area (Å²) in [6, 6.07) is 0. The molecule has 5 nitrogen and oxygen atoms in total. The quantitative estimate of drug-likeness (QED) is 0.467. The molecule has 3 saturated carbocycles. The molecule has 7 atom stereocenters. The smallest absolute Gasteiger partial charge is 0.303 e. The van der Waals surface area contributed by atoms with Crippen LogP contribution in [0.3, 0.4) is 0 Å². The topological polar surface area (TPSA) is 77.5 Å². The molecule has 0 bridgehead atoms. The lowest BCUT2D eigenvalue weighted by Gasteiger charge is -2.60. The van der Waals surface area contributed by atoms with E-state index in [1.165, 1.54) is 44.4 Å². The molecule has 0 radical (unpaired) electrons. The summed E-state index contributed by atoms with van der Waals surface area (Å²) in [5, 5.41) is 0.294. The van der Waals surface area contributed by atoms with Gasteiger partial charge in [0.2, 0.25) is 0 Å². The lowest BCUT2D eigenvalue weighted by Crippen LogP contribution is -2.55. The third-order valence-electron chi connectivity index (χ3n) is 8.92. The molecule has 4 rings (SSSR count). The number of carbonyl (C=O) groups excluding carboxylic acids is 4. The summed E-state index contributed by atoms with van der Waals surface area (Å²) in [7, 11) is 0. The molecule has 1 unspecified atom stereocenters. The molecule has 31 heavy (non-hydrogen) atoms. The number of allylic oxidation sites excluding steroid dienone is 2. The normalized spacial score (nSPS) is 41.5. The van der Waals surface area contributed by atoms with Crippen LogP contribution in [-0.4, -0.2) is 34.5 Å². The highest BCUT2D eigenvalue weighted by Gasteiger charge is 2.62. The maximum Gasteiger partial charge on any atom is 0.303 e. The van der Waals surface area contributed by atoms with Gasteiger partial charge in [0, 0.05) is 24.5 Å². The SMILES string of the molecule is CC(=O)OCC(=O)[C@H]1C(=O)C=C2[C@@H]3[C@H](SC(C)=O)CC4CCCC[C@]4(C)[C@H]3CC[C@@]21C. The fourth-order valence-electron chi connectivity index (χ4n) is 7.54. The first-order valence-corrected chi connectivity index (χ1v) is 12.5. The first kappa shape index (κ1) is 22.8. The Labute approximate surface area is 189 Å². The third kappa shape index (κ3) is 3.73. The number of ketones is 2. The van der Waals surface area contributed by atoms with Gasteiger partial charge in [-0.15, -0.1) is 0 Å². The van der Waals surface area contributed by atoms with E-state index in [1.54, 1.807) is 13.0 Å². The van der Waals surface area contributed by atoms with Crippen molar-refractivity contribution in [2.24, 2.45) is 34.5 Å². The second kappa shape index (κ2) is 8.17. The van der Waals surface area contributed by atoms with E-state index in [2.05, 4.69) is 6.92 Å². The first-order valence-electron chi connectivity index (χ1n) is 11.7. The summed E-state index contributed by atoms with van der Waals surface area (Å²) in [6.07, 6.45) is 9.46. The Balaban J connectivity index is 1.69. The van der Waals surface area contributed by atoms with Gasteiger partial charge in [-0.05, 0) is 61.3 Å². The van der Waals surface area contributed by atoms with Crippen LogP contribution in [0.2, 0.25) is 0 Å². The van der Waals surface area contributed by atoms with Gasteiger partial charge < -0.3 is 4.74 Å². The number of carbonyl (C=O) groups is 4. The van der Waals surface area contributed by atoms with E-state index >= 15 is 0 Å². The van der Waals surface area contributed by atoms with Crippen molar-refractivity contribution in [1.29, 1.82) is 0 Å². The maximum atomic E-state index is 13.1. The number of rotatable bonds is 4. The van der Waals surface area contributed by atoms with Crippen LogP contribution in [-0.2, 0) is 23.9 Å². The molecular formula is C25H34O5S. The first-order chi connectivity index (χ1) is 14.6. The fraction of sp³-hybridized carbons (Fsp3) is 0.760. The predicted molar refractivity (Wildman–Crippen MR) is 119 cm³/mol. The molecule has 0 saturated heterocycles. The van der Waals surface area contributed by atoms with Crippen LogP contribution in [0.4, 0.5) is 0 Å². The van der Waals surface area contributed by atoms with Gasteiger partial charge in [-0.1, -0.05) is 44.0 Å². The van der Waals surface area contributed by atoms with Gasteiger partial charge in [0.1, 0.15) is 0 Å². The largest absolute Gasteiger partial charge is 0.458 e. The second-order valence-corrected chi connectivity index (χ2v) is 12.0. The van der Waals surface area contributed by atoms with Crippen LogP contribution in [0, 0.1) is 34.5 Å². The van der Waals surface area contributed by atoms with E-state index in [0.717, 1.165) is 24.8 Å². The summed E-state index contributed by atoms with van der Waals surface area (Å²) < 4.78 is 4.94. The number of fused-ring (bicyclic) bond motifs is 5. The number of ether oxygens (including phenoxy) is 1. The Hall–Kier alpha value is -1.43. The maximum absolute atomic E-state index is 13.1. The summed E-state index contributed by atoms with van der Waals surface area (Å²) in [6.45, 7) is 7.04. The van der Waals surface area contributed by atoms with Crippen molar-refractivity contribution in [2.75, 3.05) is 6.61 Å². The van der Waals surface area contributed by atoms with E-state index in [-0.39, 0.29) is 39.9 Å². The van der Waals surface area contributed by atoms with E-state index in [0.29, 0.717) is 11.8 Å². The number of hydrogen-bond acceptors (Lipinski definition) is 6. The highest BCUT2D eigenvalue weighted by molar-refractivity contribution is 8.14. The molecule has 0 spiro atoms. The highest BCUT2D eigenvalue weighted by Crippen LogP contribution is 2.67. The van der Waals surface area contributed by atoms with Crippen molar-refractivity contribution in [1.82, 2.24) is 0 Å². The Kier molecular flexibility index (Phi) is 5.99. The third-order valence-corrected chi connectivity index (χ3v) is 10.0. The van der Waals surface area contributed by atoms with Crippen molar-refractivity contribution in [2.45, 2.75) is 77.9 Å². The van der Waals surface area contributed by atoms with Crippen LogP contribution in [0.25, 0.3) is 0 Å². The summed E-state index contributed by atoms with van der Waals surface area (Å²) in [5.41, 5.74) is 0.782. The van der Waals surface area contributed by atoms with Gasteiger partial charge in [-0.2, -0.15) is 0 Å². The standard InChI is InChI=1S/C25H34O5S/c1-14(26)30-13-20(29)23-19(28)12-18-22-17(8-10-25(18,23)4)24(3)9-6-5-7-16(24)11-21(22)31-15(2)27/h12,16-17,21-23H,5-11,13H2,1-4H3/t16?,17-,21+,22+,23+,24-,25-/m0/s1. The minimum absolute atomic E-state index is 0.128. The predicted octanol–water partition coefficient (Wildman–Crippen LogP) is 4.52. The summed E-state index contributed by atoms with van der Waals surface area (Å²) in [4.78, 5) is 49.4. The Morgan fingerprint density at radius 1 is 1.13 bits per heavy atom. The monoisotopic (exact) mass is 446 g/mol. The molecule has 0 heterocycles. The van der Waals surface area contributed by atoms with Gasteiger partial charge in [0.05, 0.1) is 5.92 Å². The zero-order valence-corrected chi connectivity index (χ0v) is 19.9. The molecule has 0 aromatic rings. The average Bonchev–Trinajstić information content (AvgIpc) is 2.96. The number of hydrogen-bond donors (Lipinski definition) is 0. The summed E-state index contributed by atoms with van der Waals surface area (Å²) >= 11 is 1.44. The van der Waals surface area contributed by atoms with Crippen LogP contribution >= 0.6 is 11.8 Å². The zero-order valence-electron chi connectivity index (χ0n) is 19.1. The summed E-state index contributed by atoms with van der Waals surface area (Å²) in [5.74, 6) is -0.522. The minimum Gasteiger partial charge on any atom is -0.458 e. The zero-order chi connectivity index (χ0) is 22.6. The van der Waals surface area contributed by atoms with Crippen molar-refractivity contribution in [3.63, 3.8) is 0 Å². The molecule has 170 valence electrons. The fourth-order valence-corrected chi connectivity index (χ4v) is 8.77. The highest BCUT2D eigenvalue weighted by atomic mass is 32.2. The molecule has 6 heteroatoms.